The third-order valence-electron chi connectivity index (χ3n) is 10.9. The second-order valence-electron chi connectivity index (χ2n) is 15.0. The number of benzene rings is 8. The molecule has 0 amide bonds. The molecule has 8 aromatic carbocycles. The lowest BCUT2D eigenvalue weighted by atomic mass is 9.90. The summed E-state index contributed by atoms with van der Waals surface area (Å²) in [5, 5.41) is 32.1. The van der Waals surface area contributed by atoms with E-state index in [4.69, 9.17) is 19.5 Å². The van der Waals surface area contributed by atoms with Crippen LogP contribution in [0.25, 0.3) is 65.3 Å². The van der Waals surface area contributed by atoms with E-state index in [-0.39, 0.29) is 11.5 Å². The lowest BCUT2D eigenvalue weighted by Crippen LogP contribution is -2.00. The van der Waals surface area contributed by atoms with E-state index in [1.165, 1.54) is 0 Å². The third kappa shape index (κ3) is 8.22. The number of aromatic hydroxyl groups is 2. The highest BCUT2D eigenvalue weighted by Gasteiger charge is 2.22. The van der Waals surface area contributed by atoms with E-state index in [2.05, 4.69) is 74.5 Å². The zero-order valence-electron chi connectivity index (χ0n) is 33.8. The molecule has 0 heterocycles. The van der Waals surface area contributed by atoms with Crippen molar-refractivity contribution in [3.8, 4) is 45.3 Å². The first-order valence-electron chi connectivity index (χ1n) is 20.9. The van der Waals surface area contributed by atoms with Gasteiger partial charge in [0.25, 0.3) is 0 Å². The van der Waals surface area contributed by atoms with Crippen molar-refractivity contribution in [2.75, 3.05) is 26.3 Å². The first-order chi connectivity index (χ1) is 29.1. The minimum atomic E-state index is 0.176. The molecule has 0 aliphatic carbocycles. The van der Waals surface area contributed by atoms with E-state index in [0.717, 1.165) is 103 Å². The number of phenols is 2. The van der Waals surface area contributed by atoms with Crippen molar-refractivity contribution in [3.63, 3.8) is 0 Å². The number of rotatable bonds is 16. The molecule has 0 unspecified atom stereocenters. The van der Waals surface area contributed by atoms with E-state index in [9.17, 15) is 10.2 Å². The number of fused-ring (bicyclic) bond motifs is 4. The Labute approximate surface area is 346 Å². The molecule has 0 radical (unpaired) electrons. The second kappa shape index (κ2) is 18.3. The van der Waals surface area contributed by atoms with Crippen LogP contribution in [-0.4, -0.2) is 48.9 Å². The molecule has 8 rings (SSSR count). The molecule has 0 bridgehead atoms. The van der Waals surface area contributed by atoms with Crippen molar-refractivity contribution in [3.05, 3.63) is 145 Å². The Bertz CT molecular complexity index is 2630. The highest BCUT2D eigenvalue weighted by molar-refractivity contribution is 6.13. The number of hydrogen-bond donors (Lipinski definition) is 2. The van der Waals surface area contributed by atoms with Gasteiger partial charge in [0.2, 0.25) is 0 Å². The van der Waals surface area contributed by atoms with Gasteiger partial charge in [0.05, 0.1) is 13.2 Å². The molecule has 6 nitrogen and oxygen atoms in total. The molecule has 0 saturated heterocycles. The molecule has 0 spiro atoms. The molecule has 0 aliphatic heterocycles. The van der Waals surface area contributed by atoms with Gasteiger partial charge in [-0.3, -0.25) is 9.98 Å². The maximum absolute atomic E-state index is 12.0. The molecule has 8 aromatic rings. The minimum absolute atomic E-state index is 0.176. The Morgan fingerprint density at radius 1 is 0.441 bits per heavy atom. The van der Waals surface area contributed by atoms with E-state index >= 15 is 0 Å². The summed E-state index contributed by atoms with van der Waals surface area (Å²) in [6, 6.07) is 45.0. The fourth-order valence-corrected chi connectivity index (χ4v) is 7.91. The van der Waals surface area contributed by atoms with Crippen molar-refractivity contribution in [2.45, 2.75) is 46.0 Å². The molecular weight excluding hydrogens is 729 g/mol. The highest BCUT2D eigenvalue weighted by Crippen LogP contribution is 2.48. The standard InChI is InChI=1S/C53H50N2O4/c1-3-5-30-58-46-26-24-36-16-7-11-20-42(36)48(46)50-44-22-13-9-18-38(44)32-40(52(50)56)34-54-28-15-29-55-35-41-33-39-19-10-14-23-45(39)51(53(41)57)49-43-21-12-8-17-37(43)25-27-47(49)59-31-6-4-2/h7-14,16-27,32-35,56-57H,3-6,15,28-31H2,1-2H3. The Morgan fingerprint density at radius 3 is 1.22 bits per heavy atom. The molecule has 0 aliphatic rings. The average molecular weight is 779 g/mol. The van der Waals surface area contributed by atoms with Crippen LogP contribution in [0.1, 0.15) is 57.1 Å². The Morgan fingerprint density at radius 2 is 0.814 bits per heavy atom. The summed E-state index contributed by atoms with van der Waals surface area (Å²) < 4.78 is 12.7. The van der Waals surface area contributed by atoms with Gasteiger partial charge in [-0.2, -0.15) is 0 Å². The van der Waals surface area contributed by atoms with Crippen LogP contribution in [0.5, 0.6) is 23.0 Å². The quantitative estimate of drug-likeness (QED) is 0.0756. The number of unbranched alkanes of at least 4 members (excludes halogenated alkanes) is 2. The largest absolute Gasteiger partial charge is 0.507 e. The Hall–Kier alpha value is -6.66. The van der Waals surface area contributed by atoms with Gasteiger partial charge < -0.3 is 19.7 Å². The van der Waals surface area contributed by atoms with Crippen LogP contribution < -0.4 is 9.47 Å². The number of phenolic OH excluding ortho intramolecular Hbond substituents is 2. The summed E-state index contributed by atoms with van der Waals surface area (Å²) in [4.78, 5) is 9.52. The van der Waals surface area contributed by atoms with Crippen molar-refractivity contribution >= 4 is 55.5 Å². The SMILES string of the molecule is CCCCOc1ccc2ccccc2c1-c1c(O)c(C=NCCCN=Cc2cc3ccccc3c(-c3c(OCCCC)ccc4ccccc34)c2O)cc2ccccc12. The van der Waals surface area contributed by atoms with E-state index < -0.39 is 0 Å². The maximum atomic E-state index is 12.0. The molecule has 0 fully saturated rings. The smallest absolute Gasteiger partial charge is 0.132 e. The van der Waals surface area contributed by atoms with Crippen molar-refractivity contribution < 1.29 is 19.7 Å². The summed E-state index contributed by atoms with van der Waals surface area (Å²) >= 11 is 0. The van der Waals surface area contributed by atoms with Gasteiger partial charge in [-0.25, -0.2) is 0 Å². The minimum Gasteiger partial charge on any atom is -0.507 e. The van der Waals surface area contributed by atoms with E-state index in [0.29, 0.717) is 43.9 Å². The topological polar surface area (TPSA) is 83.6 Å². The Kier molecular flexibility index (Phi) is 12.1. The van der Waals surface area contributed by atoms with Gasteiger partial charge in [0.1, 0.15) is 23.0 Å². The summed E-state index contributed by atoms with van der Waals surface area (Å²) in [5.41, 5.74) is 4.56. The third-order valence-corrected chi connectivity index (χ3v) is 10.9. The average Bonchev–Trinajstić information content (AvgIpc) is 3.27. The lowest BCUT2D eigenvalue weighted by molar-refractivity contribution is 0.310. The normalized spacial score (nSPS) is 11.8. The fraction of sp³-hybridized carbons (Fsp3) is 0.208. The molecule has 6 heteroatoms. The van der Waals surface area contributed by atoms with Crippen molar-refractivity contribution in [1.82, 2.24) is 0 Å². The first kappa shape index (κ1) is 39.2. The summed E-state index contributed by atoms with van der Waals surface area (Å²) in [5.74, 6) is 1.86. The van der Waals surface area contributed by atoms with Crippen LogP contribution in [0.15, 0.2) is 143 Å². The number of hydrogen-bond acceptors (Lipinski definition) is 6. The second-order valence-corrected chi connectivity index (χ2v) is 15.0. The molecule has 59 heavy (non-hydrogen) atoms. The summed E-state index contributed by atoms with van der Waals surface area (Å²) in [6.45, 7) is 6.54. The van der Waals surface area contributed by atoms with Crippen molar-refractivity contribution in [2.24, 2.45) is 9.98 Å². The molecule has 0 atom stereocenters. The molecule has 296 valence electrons. The van der Waals surface area contributed by atoms with Gasteiger partial charge in [-0.05, 0) is 86.6 Å². The first-order valence-corrected chi connectivity index (χ1v) is 20.9. The molecule has 0 aromatic heterocycles. The van der Waals surface area contributed by atoms with Crippen LogP contribution in [0.3, 0.4) is 0 Å². The van der Waals surface area contributed by atoms with Crippen LogP contribution >= 0.6 is 0 Å². The van der Waals surface area contributed by atoms with Gasteiger partial charge in [-0.15, -0.1) is 0 Å². The monoisotopic (exact) mass is 778 g/mol. The van der Waals surface area contributed by atoms with Crippen LogP contribution in [0.2, 0.25) is 0 Å². The number of nitrogens with zero attached hydrogens (tertiary/aromatic N) is 2. The predicted octanol–water partition coefficient (Wildman–Crippen LogP) is 13.3. The molecule has 2 N–H and O–H groups in total. The fourth-order valence-electron chi connectivity index (χ4n) is 7.91. The Balaban J connectivity index is 1.06. The molecule has 0 saturated carbocycles. The maximum Gasteiger partial charge on any atom is 0.132 e. The lowest BCUT2D eigenvalue weighted by Gasteiger charge is -2.18. The van der Waals surface area contributed by atoms with Crippen molar-refractivity contribution in [1.29, 1.82) is 0 Å². The van der Waals surface area contributed by atoms with Crippen LogP contribution in [0, 0.1) is 0 Å². The van der Waals surface area contributed by atoms with Gasteiger partial charge >= 0.3 is 0 Å². The highest BCUT2D eigenvalue weighted by atomic mass is 16.5. The van der Waals surface area contributed by atoms with Gasteiger partial charge in [0, 0.05) is 58.9 Å². The van der Waals surface area contributed by atoms with Gasteiger partial charge in [0.15, 0.2) is 0 Å². The summed E-state index contributed by atoms with van der Waals surface area (Å²) in [6.07, 6.45) is 8.17. The van der Waals surface area contributed by atoms with Crippen LogP contribution in [0.4, 0.5) is 0 Å². The zero-order valence-corrected chi connectivity index (χ0v) is 33.8. The predicted molar refractivity (Wildman–Crippen MR) is 247 cm³/mol. The van der Waals surface area contributed by atoms with E-state index in [1.807, 2.05) is 72.8 Å². The molecular formula is C53H50N2O4. The summed E-state index contributed by atoms with van der Waals surface area (Å²) in [7, 11) is 0. The van der Waals surface area contributed by atoms with Crippen LogP contribution in [-0.2, 0) is 0 Å². The van der Waals surface area contributed by atoms with E-state index in [1.54, 1.807) is 12.4 Å². The van der Waals surface area contributed by atoms with Gasteiger partial charge in [-0.1, -0.05) is 136 Å². The number of aliphatic imine (C=N–C) groups is 2. The number of ether oxygens (including phenoxy) is 2. The zero-order chi connectivity index (χ0) is 40.6.